The van der Waals surface area contributed by atoms with Gasteiger partial charge in [0.1, 0.15) is 0 Å². The predicted octanol–water partition coefficient (Wildman–Crippen LogP) is 3.34. The van der Waals surface area contributed by atoms with E-state index in [1.807, 2.05) is 0 Å². The monoisotopic (exact) mass is 234 g/mol. The Balaban J connectivity index is 3.13. The topological polar surface area (TPSA) is 29.3 Å². The Bertz CT molecular complexity index is 334. The maximum Gasteiger partial charge on any atom is 0.0518 e. The molecule has 0 fully saturated rings. The van der Waals surface area contributed by atoms with Crippen molar-refractivity contribution in [3.05, 3.63) is 29.8 Å². The molecule has 0 spiro atoms. The van der Waals surface area contributed by atoms with Gasteiger partial charge in [0.2, 0.25) is 0 Å². The first-order valence-electron chi connectivity index (χ1n) is 6.68. The summed E-state index contributed by atoms with van der Waals surface area (Å²) in [7, 11) is 0. The van der Waals surface area contributed by atoms with E-state index in [2.05, 4.69) is 56.9 Å². The Morgan fingerprint density at radius 2 is 1.82 bits per heavy atom. The van der Waals surface area contributed by atoms with Gasteiger partial charge in [-0.05, 0) is 44.4 Å². The van der Waals surface area contributed by atoms with Crippen LogP contribution in [0.5, 0.6) is 0 Å². The van der Waals surface area contributed by atoms with Crippen LogP contribution in [0.25, 0.3) is 0 Å². The number of nitrogens with two attached hydrogens (primary N) is 1. The third-order valence-electron chi connectivity index (χ3n) is 3.90. The molecule has 96 valence electrons. The maximum absolute atomic E-state index is 6.04. The van der Waals surface area contributed by atoms with E-state index in [0.717, 1.165) is 19.4 Å². The van der Waals surface area contributed by atoms with Gasteiger partial charge >= 0.3 is 0 Å². The molecule has 2 N–H and O–H groups in total. The highest BCUT2D eigenvalue weighted by atomic mass is 15.2. The summed E-state index contributed by atoms with van der Waals surface area (Å²) in [4.78, 5) is 2.46. The predicted molar refractivity (Wildman–Crippen MR) is 76.6 cm³/mol. The van der Waals surface area contributed by atoms with Gasteiger partial charge < -0.3 is 10.6 Å². The summed E-state index contributed by atoms with van der Waals surface area (Å²) < 4.78 is 0. The number of benzene rings is 1. The molecule has 0 unspecified atom stereocenters. The molecule has 2 heteroatoms. The molecule has 0 atom stereocenters. The Morgan fingerprint density at radius 3 is 2.24 bits per heavy atom. The molecule has 2 nitrogen and oxygen atoms in total. The highest BCUT2D eigenvalue weighted by Gasteiger charge is 2.31. The number of anilines is 1. The van der Waals surface area contributed by atoms with Crippen LogP contribution in [0, 0.1) is 6.92 Å². The SMILES string of the molecule is CCN(c1cccc(C)c1)C(CC)(CC)CN. The molecule has 0 saturated carbocycles. The number of rotatable bonds is 6. The number of hydrogen-bond acceptors (Lipinski definition) is 2. The number of likely N-dealkylation sites (N-methyl/N-ethyl adjacent to an activating group) is 1. The fourth-order valence-electron chi connectivity index (χ4n) is 2.62. The summed E-state index contributed by atoms with van der Waals surface area (Å²) in [6, 6.07) is 8.70. The molecule has 0 amide bonds. The van der Waals surface area contributed by atoms with E-state index in [1.165, 1.54) is 11.3 Å². The lowest BCUT2D eigenvalue weighted by Crippen LogP contribution is -2.53. The van der Waals surface area contributed by atoms with Crippen LogP contribution < -0.4 is 10.6 Å². The first-order valence-corrected chi connectivity index (χ1v) is 6.68. The summed E-state index contributed by atoms with van der Waals surface area (Å²) >= 11 is 0. The molecule has 17 heavy (non-hydrogen) atoms. The molecule has 0 radical (unpaired) electrons. The van der Waals surface area contributed by atoms with E-state index in [4.69, 9.17) is 5.73 Å². The first-order chi connectivity index (χ1) is 8.13. The van der Waals surface area contributed by atoms with Crippen LogP contribution in [-0.4, -0.2) is 18.6 Å². The van der Waals surface area contributed by atoms with Crippen LogP contribution in [0.15, 0.2) is 24.3 Å². The van der Waals surface area contributed by atoms with Crippen LogP contribution in [0.3, 0.4) is 0 Å². The normalized spacial score (nSPS) is 11.6. The molecular weight excluding hydrogens is 208 g/mol. The largest absolute Gasteiger partial charge is 0.365 e. The van der Waals surface area contributed by atoms with E-state index in [9.17, 15) is 0 Å². The summed E-state index contributed by atoms with van der Waals surface area (Å²) in [5.41, 5.74) is 8.74. The molecular formula is C15H26N2. The number of aryl methyl sites for hydroxylation is 1. The molecule has 0 bridgehead atoms. The number of hydrogen-bond donors (Lipinski definition) is 1. The molecule has 0 aliphatic rings. The van der Waals surface area contributed by atoms with Crippen molar-refractivity contribution in [3.8, 4) is 0 Å². The van der Waals surface area contributed by atoms with Crippen LogP contribution in [0.2, 0.25) is 0 Å². The highest BCUT2D eigenvalue weighted by Crippen LogP contribution is 2.29. The molecule has 1 aromatic carbocycles. The van der Waals surface area contributed by atoms with Crippen molar-refractivity contribution in [2.24, 2.45) is 5.73 Å². The Hall–Kier alpha value is -1.02. The Labute approximate surface area is 106 Å². The van der Waals surface area contributed by atoms with E-state index < -0.39 is 0 Å². The van der Waals surface area contributed by atoms with Gasteiger partial charge in [0.05, 0.1) is 5.54 Å². The average Bonchev–Trinajstić information content (AvgIpc) is 2.36. The van der Waals surface area contributed by atoms with Gasteiger partial charge in [-0.2, -0.15) is 0 Å². The molecule has 0 saturated heterocycles. The van der Waals surface area contributed by atoms with Gasteiger partial charge in [-0.3, -0.25) is 0 Å². The second-order valence-corrected chi connectivity index (χ2v) is 4.72. The van der Waals surface area contributed by atoms with Gasteiger partial charge in [-0.1, -0.05) is 26.0 Å². The minimum absolute atomic E-state index is 0.0997. The van der Waals surface area contributed by atoms with E-state index in [-0.39, 0.29) is 5.54 Å². The zero-order valence-corrected chi connectivity index (χ0v) is 11.7. The second-order valence-electron chi connectivity index (χ2n) is 4.72. The zero-order chi connectivity index (χ0) is 12.9. The second kappa shape index (κ2) is 6.06. The van der Waals surface area contributed by atoms with E-state index in [0.29, 0.717) is 6.54 Å². The molecule has 1 aromatic rings. The quantitative estimate of drug-likeness (QED) is 0.818. The van der Waals surface area contributed by atoms with Crippen molar-refractivity contribution in [3.63, 3.8) is 0 Å². The third-order valence-corrected chi connectivity index (χ3v) is 3.90. The van der Waals surface area contributed by atoms with Gasteiger partial charge in [-0.15, -0.1) is 0 Å². The fraction of sp³-hybridized carbons (Fsp3) is 0.600. The molecule has 0 aromatic heterocycles. The van der Waals surface area contributed by atoms with Crippen molar-refractivity contribution in [2.75, 3.05) is 18.0 Å². The van der Waals surface area contributed by atoms with Crippen molar-refractivity contribution < 1.29 is 0 Å². The number of nitrogens with zero attached hydrogens (tertiary/aromatic N) is 1. The van der Waals surface area contributed by atoms with Gasteiger partial charge in [0.25, 0.3) is 0 Å². The van der Waals surface area contributed by atoms with Gasteiger partial charge in [0.15, 0.2) is 0 Å². The first kappa shape index (κ1) is 14.0. The molecule has 0 aliphatic heterocycles. The van der Waals surface area contributed by atoms with Gasteiger partial charge in [-0.25, -0.2) is 0 Å². The Morgan fingerprint density at radius 1 is 1.18 bits per heavy atom. The smallest absolute Gasteiger partial charge is 0.0518 e. The van der Waals surface area contributed by atoms with Crippen molar-refractivity contribution in [1.29, 1.82) is 0 Å². The van der Waals surface area contributed by atoms with Crippen molar-refractivity contribution >= 4 is 5.69 Å². The lowest BCUT2D eigenvalue weighted by molar-refractivity contribution is 0.372. The minimum atomic E-state index is 0.0997. The van der Waals surface area contributed by atoms with Crippen LogP contribution in [0.1, 0.15) is 39.2 Å². The van der Waals surface area contributed by atoms with Crippen LogP contribution in [0.4, 0.5) is 5.69 Å². The van der Waals surface area contributed by atoms with Gasteiger partial charge in [0, 0.05) is 18.8 Å². The standard InChI is InChI=1S/C15H26N2/c1-5-15(6-2,12-16)17(7-3)14-10-8-9-13(4)11-14/h8-11H,5-7,12,16H2,1-4H3. The van der Waals surface area contributed by atoms with E-state index in [1.54, 1.807) is 0 Å². The molecule has 1 rings (SSSR count). The summed E-state index contributed by atoms with van der Waals surface area (Å²) in [5.74, 6) is 0. The van der Waals surface area contributed by atoms with Crippen LogP contribution in [-0.2, 0) is 0 Å². The van der Waals surface area contributed by atoms with Crippen molar-refractivity contribution in [1.82, 2.24) is 0 Å². The third kappa shape index (κ3) is 2.81. The molecule has 0 heterocycles. The van der Waals surface area contributed by atoms with Crippen molar-refractivity contribution in [2.45, 2.75) is 46.1 Å². The Kier molecular flexibility index (Phi) is 5.01. The fourth-order valence-corrected chi connectivity index (χ4v) is 2.62. The highest BCUT2D eigenvalue weighted by molar-refractivity contribution is 5.51. The summed E-state index contributed by atoms with van der Waals surface area (Å²) in [5, 5.41) is 0. The minimum Gasteiger partial charge on any atom is -0.365 e. The van der Waals surface area contributed by atoms with Crippen LogP contribution >= 0.6 is 0 Å². The maximum atomic E-state index is 6.04. The lowest BCUT2D eigenvalue weighted by atomic mass is 9.89. The zero-order valence-electron chi connectivity index (χ0n) is 11.7. The summed E-state index contributed by atoms with van der Waals surface area (Å²) in [6.07, 6.45) is 2.17. The average molecular weight is 234 g/mol. The van der Waals surface area contributed by atoms with E-state index >= 15 is 0 Å². The molecule has 0 aliphatic carbocycles. The lowest BCUT2D eigenvalue weighted by Gasteiger charge is -2.44. The summed E-state index contributed by atoms with van der Waals surface area (Å²) in [6.45, 7) is 10.5.